The van der Waals surface area contributed by atoms with E-state index in [1.54, 1.807) is 11.3 Å². The fourth-order valence-electron chi connectivity index (χ4n) is 4.21. The molecule has 1 unspecified atom stereocenters. The van der Waals surface area contributed by atoms with Crippen LogP contribution in [0.1, 0.15) is 50.3 Å². The van der Waals surface area contributed by atoms with Gasteiger partial charge in [-0.3, -0.25) is 9.59 Å². The number of nitrogens with one attached hydrogen (secondary N) is 1. The van der Waals surface area contributed by atoms with Crippen LogP contribution in [0.25, 0.3) is 0 Å². The molecule has 140 valence electrons. The van der Waals surface area contributed by atoms with Crippen LogP contribution >= 0.6 is 11.3 Å². The van der Waals surface area contributed by atoms with E-state index in [0.717, 1.165) is 25.7 Å². The van der Waals surface area contributed by atoms with Gasteiger partial charge in [-0.05, 0) is 44.1 Å². The zero-order chi connectivity index (χ0) is 18.6. The van der Waals surface area contributed by atoms with Gasteiger partial charge in [0.1, 0.15) is 0 Å². The van der Waals surface area contributed by atoms with Gasteiger partial charge < -0.3 is 10.2 Å². The molecule has 0 aromatic carbocycles. The first kappa shape index (κ1) is 18.9. The minimum atomic E-state index is -0.277. The van der Waals surface area contributed by atoms with E-state index in [2.05, 4.69) is 42.4 Å². The van der Waals surface area contributed by atoms with Crippen LogP contribution in [0.5, 0.6) is 0 Å². The molecule has 1 aromatic heterocycles. The van der Waals surface area contributed by atoms with Gasteiger partial charge in [0.15, 0.2) is 0 Å². The van der Waals surface area contributed by atoms with Crippen molar-refractivity contribution in [1.29, 1.82) is 0 Å². The highest BCUT2D eigenvalue weighted by Gasteiger charge is 2.39. The number of hydrogen-bond donors (Lipinski definition) is 1. The van der Waals surface area contributed by atoms with E-state index in [-0.39, 0.29) is 29.4 Å². The van der Waals surface area contributed by atoms with Gasteiger partial charge in [-0.25, -0.2) is 0 Å². The second-order valence-corrected chi connectivity index (χ2v) is 8.50. The number of rotatable bonds is 7. The van der Waals surface area contributed by atoms with E-state index in [9.17, 15) is 9.59 Å². The Kier molecular flexibility index (Phi) is 5.97. The second kappa shape index (κ2) is 8.21. The lowest BCUT2D eigenvalue weighted by atomic mass is 9.87. The van der Waals surface area contributed by atoms with E-state index in [1.807, 2.05) is 17.0 Å². The van der Waals surface area contributed by atoms with Crippen LogP contribution in [-0.4, -0.2) is 34.3 Å². The van der Waals surface area contributed by atoms with Gasteiger partial charge in [0, 0.05) is 41.8 Å². The number of thiophene rings is 1. The Morgan fingerprint density at radius 2 is 2.38 bits per heavy atom. The predicted octanol–water partition coefficient (Wildman–Crippen LogP) is 3.84. The topological polar surface area (TPSA) is 49.4 Å². The van der Waals surface area contributed by atoms with Crippen molar-refractivity contribution in [2.45, 2.75) is 69.5 Å². The fraction of sp³-hybridized carbons (Fsp3) is 0.524. The highest BCUT2D eigenvalue weighted by atomic mass is 32.1. The summed E-state index contributed by atoms with van der Waals surface area (Å²) in [5, 5.41) is 5.24. The van der Waals surface area contributed by atoms with Crippen LogP contribution in [0.15, 0.2) is 42.3 Å². The lowest BCUT2D eigenvalue weighted by molar-refractivity contribution is -0.135. The van der Waals surface area contributed by atoms with Crippen LogP contribution in [0.2, 0.25) is 0 Å². The summed E-state index contributed by atoms with van der Waals surface area (Å²) in [6.07, 6.45) is 11.2. The highest BCUT2D eigenvalue weighted by Crippen LogP contribution is 2.32. The predicted molar refractivity (Wildman–Crippen MR) is 106 cm³/mol. The zero-order valence-corrected chi connectivity index (χ0v) is 16.3. The minimum Gasteiger partial charge on any atom is -0.350 e. The van der Waals surface area contributed by atoms with Gasteiger partial charge in [0.25, 0.3) is 0 Å². The maximum Gasteiger partial charge on any atom is 0.223 e. The van der Waals surface area contributed by atoms with Gasteiger partial charge in [-0.2, -0.15) is 0 Å². The average Bonchev–Trinajstić information content (AvgIpc) is 3.24. The van der Waals surface area contributed by atoms with Crippen LogP contribution in [0.3, 0.4) is 0 Å². The standard InChI is InChI=1S/C21H28N2O2S/c1-3-6-17-8-4-7-16(2)23(17)20(25)11-13-21(12-10-19(24)22-21)15-18-9-5-14-26-18/h3-5,7,9,14,16-17H,1,6,8,10-13,15H2,2H3,(H,22,24)/t16-,17-,21?/m1/s1. The number of carbonyl (C=O) groups excluding carboxylic acids is 2. The van der Waals surface area contributed by atoms with E-state index in [4.69, 9.17) is 0 Å². The third-order valence-corrected chi connectivity index (χ3v) is 6.40. The van der Waals surface area contributed by atoms with Crippen molar-refractivity contribution >= 4 is 23.2 Å². The Morgan fingerprint density at radius 1 is 1.54 bits per heavy atom. The molecule has 0 bridgehead atoms. The van der Waals surface area contributed by atoms with Gasteiger partial charge in [-0.1, -0.05) is 24.3 Å². The van der Waals surface area contributed by atoms with E-state index in [1.165, 1.54) is 4.88 Å². The van der Waals surface area contributed by atoms with Gasteiger partial charge in [-0.15, -0.1) is 17.9 Å². The largest absolute Gasteiger partial charge is 0.350 e. The summed E-state index contributed by atoms with van der Waals surface area (Å²) in [6, 6.07) is 4.46. The number of hydrogen-bond acceptors (Lipinski definition) is 3. The summed E-state index contributed by atoms with van der Waals surface area (Å²) < 4.78 is 0. The molecular formula is C21H28N2O2S. The monoisotopic (exact) mass is 372 g/mol. The molecule has 0 spiro atoms. The molecule has 4 nitrogen and oxygen atoms in total. The Bertz CT molecular complexity index is 682. The molecule has 3 heterocycles. The molecule has 26 heavy (non-hydrogen) atoms. The quantitative estimate of drug-likeness (QED) is 0.739. The van der Waals surface area contributed by atoms with Crippen molar-refractivity contribution in [3.63, 3.8) is 0 Å². The number of nitrogens with zero attached hydrogens (tertiary/aromatic N) is 1. The fourth-order valence-corrected chi connectivity index (χ4v) is 5.06. The van der Waals surface area contributed by atoms with Crippen molar-refractivity contribution in [2.75, 3.05) is 0 Å². The molecule has 3 atom stereocenters. The third-order valence-electron chi connectivity index (χ3n) is 5.53. The lowest BCUT2D eigenvalue weighted by Crippen LogP contribution is -2.49. The first-order valence-corrected chi connectivity index (χ1v) is 10.3. The lowest BCUT2D eigenvalue weighted by Gasteiger charge is -2.38. The molecule has 0 saturated carbocycles. The summed E-state index contributed by atoms with van der Waals surface area (Å²) in [4.78, 5) is 28.2. The molecule has 1 saturated heterocycles. The molecule has 1 aromatic rings. The van der Waals surface area contributed by atoms with Gasteiger partial charge in [0.2, 0.25) is 11.8 Å². The minimum absolute atomic E-state index is 0.104. The van der Waals surface area contributed by atoms with Crippen LogP contribution < -0.4 is 5.32 Å². The van der Waals surface area contributed by atoms with Crippen molar-refractivity contribution in [3.8, 4) is 0 Å². The molecule has 2 amide bonds. The zero-order valence-electron chi connectivity index (χ0n) is 15.4. The molecular weight excluding hydrogens is 344 g/mol. The Balaban J connectivity index is 1.68. The van der Waals surface area contributed by atoms with Crippen molar-refractivity contribution in [1.82, 2.24) is 10.2 Å². The Labute approximate surface area is 160 Å². The maximum absolute atomic E-state index is 13.0. The van der Waals surface area contributed by atoms with Crippen molar-refractivity contribution < 1.29 is 9.59 Å². The van der Waals surface area contributed by atoms with Crippen molar-refractivity contribution in [2.24, 2.45) is 0 Å². The first-order chi connectivity index (χ1) is 12.5. The summed E-state index contributed by atoms with van der Waals surface area (Å²) in [6.45, 7) is 5.91. The van der Waals surface area contributed by atoms with Crippen LogP contribution in [-0.2, 0) is 16.0 Å². The van der Waals surface area contributed by atoms with E-state index in [0.29, 0.717) is 19.3 Å². The van der Waals surface area contributed by atoms with E-state index >= 15 is 0 Å². The van der Waals surface area contributed by atoms with Crippen LogP contribution in [0, 0.1) is 0 Å². The molecule has 0 radical (unpaired) electrons. The molecule has 5 heteroatoms. The summed E-state index contributed by atoms with van der Waals surface area (Å²) in [5.41, 5.74) is -0.277. The van der Waals surface area contributed by atoms with Crippen molar-refractivity contribution in [3.05, 3.63) is 47.2 Å². The number of carbonyl (C=O) groups is 2. The normalized spacial score (nSPS) is 28.2. The summed E-state index contributed by atoms with van der Waals surface area (Å²) >= 11 is 1.71. The Morgan fingerprint density at radius 3 is 3.04 bits per heavy atom. The van der Waals surface area contributed by atoms with Gasteiger partial charge >= 0.3 is 0 Å². The van der Waals surface area contributed by atoms with Crippen LogP contribution in [0.4, 0.5) is 0 Å². The molecule has 1 N–H and O–H groups in total. The third kappa shape index (κ3) is 4.26. The SMILES string of the molecule is C=CC[C@@H]1CC=C[C@@H](C)N1C(=O)CCC1(Cc2cccs2)CCC(=O)N1. The molecule has 0 aliphatic carbocycles. The summed E-state index contributed by atoms with van der Waals surface area (Å²) in [7, 11) is 0. The maximum atomic E-state index is 13.0. The molecule has 1 fully saturated rings. The molecule has 2 aliphatic rings. The van der Waals surface area contributed by atoms with Gasteiger partial charge in [0.05, 0.1) is 0 Å². The highest BCUT2D eigenvalue weighted by molar-refractivity contribution is 7.09. The molecule has 2 aliphatic heterocycles. The Hall–Kier alpha value is -1.88. The first-order valence-electron chi connectivity index (χ1n) is 9.45. The second-order valence-electron chi connectivity index (χ2n) is 7.47. The average molecular weight is 373 g/mol. The van der Waals surface area contributed by atoms with E-state index < -0.39 is 0 Å². The number of amides is 2. The molecule has 3 rings (SSSR count). The summed E-state index contributed by atoms with van der Waals surface area (Å²) in [5.74, 6) is 0.285. The smallest absolute Gasteiger partial charge is 0.223 e.